The zero-order chi connectivity index (χ0) is 13.5. The van der Waals surface area contributed by atoms with Gasteiger partial charge in [-0.15, -0.1) is 11.6 Å². The van der Waals surface area contributed by atoms with Crippen molar-refractivity contribution in [3.05, 3.63) is 0 Å². The first-order valence-corrected chi connectivity index (χ1v) is 8.61. The van der Waals surface area contributed by atoms with Gasteiger partial charge in [0, 0.05) is 17.8 Å². The summed E-state index contributed by atoms with van der Waals surface area (Å²) in [7, 11) is 0. The number of hydrogen-bond donors (Lipinski definition) is 1. The first kappa shape index (κ1) is 15.2. The second-order valence-electron chi connectivity index (χ2n) is 6.41. The number of halogens is 1. The summed E-state index contributed by atoms with van der Waals surface area (Å²) in [4.78, 5) is 12.2. The van der Waals surface area contributed by atoms with Gasteiger partial charge in [-0.2, -0.15) is 0 Å². The van der Waals surface area contributed by atoms with E-state index in [1.54, 1.807) is 0 Å². The molecule has 0 heterocycles. The Morgan fingerprint density at radius 2 is 1.47 bits per heavy atom. The Kier molecular flexibility index (Phi) is 6.49. The molecule has 0 aromatic heterocycles. The number of hydrogen-bond acceptors (Lipinski definition) is 1. The van der Waals surface area contributed by atoms with Crippen molar-refractivity contribution < 1.29 is 4.79 Å². The molecule has 0 aromatic rings. The molecule has 2 rings (SSSR count). The van der Waals surface area contributed by atoms with Crippen LogP contribution in [0.4, 0.5) is 0 Å². The molecule has 3 heteroatoms. The third kappa shape index (κ3) is 5.33. The monoisotopic (exact) mass is 285 g/mol. The molecular formula is C16H28ClNO. The highest BCUT2D eigenvalue weighted by Crippen LogP contribution is 2.27. The van der Waals surface area contributed by atoms with Crippen molar-refractivity contribution in [2.45, 2.75) is 76.0 Å². The van der Waals surface area contributed by atoms with Crippen molar-refractivity contribution in [3.63, 3.8) is 0 Å². The predicted octanol–water partition coefficient (Wildman–Crippen LogP) is 4.26. The normalized spacial score (nSPS) is 30.4. The van der Waals surface area contributed by atoms with Gasteiger partial charge in [-0.25, -0.2) is 0 Å². The summed E-state index contributed by atoms with van der Waals surface area (Å²) >= 11 is 6.11. The second kappa shape index (κ2) is 8.14. The van der Waals surface area contributed by atoms with Crippen LogP contribution in [0.15, 0.2) is 0 Å². The Morgan fingerprint density at radius 1 is 0.895 bits per heavy atom. The maximum atomic E-state index is 12.2. The maximum Gasteiger partial charge on any atom is 0.223 e. The maximum absolute atomic E-state index is 12.2. The minimum absolute atomic E-state index is 0.282. The van der Waals surface area contributed by atoms with E-state index in [9.17, 15) is 4.79 Å². The van der Waals surface area contributed by atoms with Crippen LogP contribution in [-0.4, -0.2) is 17.8 Å². The Bertz CT molecular complexity index is 266. The molecule has 2 nitrogen and oxygen atoms in total. The van der Waals surface area contributed by atoms with E-state index in [0.717, 1.165) is 32.2 Å². The average Bonchev–Trinajstić information content (AvgIpc) is 2.37. The molecule has 0 radical (unpaired) electrons. The van der Waals surface area contributed by atoms with Crippen molar-refractivity contribution in [3.8, 4) is 0 Å². The van der Waals surface area contributed by atoms with E-state index in [1.165, 1.54) is 44.9 Å². The highest BCUT2D eigenvalue weighted by molar-refractivity contribution is 6.20. The van der Waals surface area contributed by atoms with Crippen molar-refractivity contribution in [2.75, 3.05) is 6.54 Å². The van der Waals surface area contributed by atoms with E-state index in [0.29, 0.717) is 17.2 Å². The minimum atomic E-state index is 0.282. The van der Waals surface area contributed by atoms with E-state index in [2.05, 4.69) is 5.32 Å². The van der Waals surface area contributed by atoms with Crippen LogP contribution < -0.4 is 5.32 Å². The summed E-state index contributed by atoms with van der Waals surface area (Å²) in [6.45, 7) is 0.874. The second-order valence-corrected chi connectivity index (χ2v) is 7.02. The molecule has 0 atom stereocenters. The zero-order valence-electron chi connectivity index (χ0n) is 12.0. The highest BCUT2D eigenvalue weighted by atomic mass is 35.5. The highest BCUT2D eigenvalue weighted by Gasteiger charge is 2.22. The lowest BCUT2D eigenvalue weighted by molar-refractivity contribution is -0.125. The third-order valence-electron chi connectivity index (χ3n) is 4.82. The quantitative estimate of drug-likeness (QED) is 0.771. The number of carbonyl (C=O) groups is 1. The first-order valence-electron chi connectivity index (χ1n) is 8.17. The van der Waals surface area contributed by atoms with Crippen molar-refractivity contribution >= 4 is 17.5 Å². The van der Waals surface area contributed by atoms with Crippen LogP contribution in [-0.2, 0) is 4.79 Å². The van der Waals surface area contributed by atoms with Gasteiger partial charge < -0.3 is 5.32 Å². The molecule has 0 unspecified atom stereocenters. The summed E-state index contributed by atoms with van der Waals surface area (Å²) in [6, 6.07) is 0. The van der Waals surface area contributed by atoms with Gasteiger partial charge in [0.1, 0.15) is 0 Å². The van der Waals surface area contributed by atoms with Crippen molar-refractivity contribution in [2.24, 2.45) is 11.8 Å². The summed E-state index contributed by atoms with van der Waals surface area (Å²) in [5.41, 5.74) is 0. The lowest BCUT2D eigenvalue weighted by Crippen LogP contribution is -2.36. The number of carbonyl (C=O) groups excluding carboxylic acids is 1. The molecule has 2 saturated carbocycles. The van der Waals surface area contributed by atoms with Crippen LogP contribution in [0.2, 0.25) is 0 Å². The van der Waals surface area contributed by atoms with E-state index >= 15 is 0 Å². The number of amides is 1. The van der Waals surface area contributed by atoms with Gasteiger partial charge in [0.2, 0.25) is 5.91 Å². The molecule has 110 valence electrons. The average molecular weight is 286 g/mol. The zero-order valence-corrected chi connectivity index (χ0v) is 12.8. The predicted molar refractivity (Wildman–Crippen MR) is 80.4 cm³/mol. The SMILES string of the molecule is O=C(NCC1CCC(Cl)CC1)C1CCCCCCC1. The number of nitrogens with one attached hydrogen (secondary N) is 1. The Morgan fingerprint density at radius 3 is 2.11 bits per heavy atom. The standard InChI is InChI=1S/C16H28ClNO/c17-15-10-8-13(9-11-15)12-18-16(19)14-6-4-2-1-3-5-7-14/h13-15H,1-12H2,(H,18,19). The lowest BCUT2D eigenvalue weighted by Gasteiger charge is -2.26. The Hall–Kier alpha value is -0.240. The van der Waals surface area contributed by atoms with Crippen LogP contribution in [0.1, 0.15) is 70.6 Å². The summed E-state index contributed by atoms with van der Waals surface area (Å²) < 4.78 is 0. The molecule has 19 heavy (non-hydrogen) atoms. The van der Waals surface area contributed by atoms with E-state index in [1.807, 2.05) is 0 Å². The summed E-state index contributed by atoms with van der Waals surface area (Å²) in [5, 5.41) is 3.58. The van der Waals surface area contributed by atoms with Crippen molar-refractivity contribution in [1.82, 2.24) is 5.32 Å². The summed E-state index contributed by atoms with van der Waals surface area (Å²) in [6.07, 6.45) is 13.2. The third-order valence-corrected chi connectivity index (χ3v) is 5.25. The summed E-state index contributed by atoms with van der Waals surface area (Å²) in [5.74, 6) is 1.26. The smallest absolute Gasteiger partial charge is 0.223 e. The largest absolute Gasteiger partial charge is 0.356 e. The van der Waals surface area contributed by atoms with Gasteiger partial charge in [-0.3, -0.25) is 4.79 Å². The van der Waals surface area contributed by atoms with Crippen LogP contribution >= 0.6 is 11.6 Å². The first-order chi connectivity index (χ1) is 9.25. The molecule has 2 aliphatic carbocycles. The van der Waals surface area contributed by atoms with Gasteiger partial charge in [0.05, 0.1) is 0 Å². The van der Waals surface area contributed by atoms with Gasteiger partial charge in [-0.05, 0) is 44.4 Å². The van der Waals surface area contributed by atoms with E-state index in [4.69, 9.17) is 11.6 Å². The molecule has 0 bridgehead atoms. The molecule has 0 spiro atoms. The van der Waals surface area contributed by atoms with Crippen LogP contribution in [0.25, 0.3) is 0 Å². The number of rotatable bonds is 3. The fourth-order valence-corrected chi connectivity index (χ4v) is 3.69. The molecule has 2 aliphatic rings. The van der Waals surface area contributed by atoms with Gasteiger partial charge in [-0.1, -0.05) is 32.1 Å². The fourth-order valence-electron chi connectivity index (χ4n) is 3.43. The molecule has 2 fully saturated rings. The molecule has 0 aliphatic heterocycles. The van der Waals surface area contributed by atoms with Crippen LogP contribution in [0, 0.1) is 11.8 Å². The fraction of sp³-hybridized carbons (Fsp3) is 0.938. The topological polar surface area (TPSA) is 29.1 Å². The minimum Gasteiger partial charge on any atom is -0.356 e. The van der Waals surface area contributed by atoms with Crippen LogP contribution in [0.5, 0.6) is 0 Å². The van der Waals surface area contributed by atoms with E-state index < -0.39 is 0 Å². The van der Waals surface area contributed by atoms with Gasteiger partial charge in [0.25, 0.3) is 0 Å². The van der Waals surface area contributed by atoms with Gasteiger partial charge in [0.15, 0.2) is 0 Å². The Balaban J connectivity index is 1.67. The molecule has 1 amide bonds. The van der Waals surface area contributed by atoms with E-state index in [-0.39, 0.29) is 5.92 Å². The number of alkyl halides is 1. The molecule has 0 aromatic carbocycles. The van der Waals surface area contributed by atoms with Gasteiger partial charge >= 0.3 is 0 Å². The molecule has 0 saturated heterocycles. The van der Waals surface area contributed by atoms with Crippen LogP contribution in [0.3, 0.4) is 0 Å². The lowest BCUT2D eigenvalue weighted by atomic mass is 9.88. The molecule has 1 N–H and O–H groups in total. The Labute approximate surface area is 122 Å². The van der Waals surface area contributed by atoms with Crippen molar-refractivity contribution in [1.29, 1.82) is 0 Å². The molecular weight excluding hydrogens is 258 g/mol.